The van der Waals surface area contributed by atoms with Gasteiger partial charge in [0.05, 0.1) is 0 Å². The third-order valence-electron chi connectivity index (χ3n) is 6.76. The summed E-state index contributed by atoms with van der Waals surface area (Å²) in [6.07, 6.45) is 6.71. The molecule has 1 aliphatic heterocycles. The highest BCUT2D eigenvalue weighted by molar-refractivity contribution is 6.30. The van der Waals surface area contributed by atoms with Gasteiger partial charge in [-0.15, -0.1) is 0 Å². The number of piperidine rings is 1. The average molecular weight is 440 g/mol. The summed E-state index contributed by atoms with van der Waals surface area (Å²) in [6, 6.07) is 15.4. The molecule has 2 amide bonds. The quantitative estimate of drug-likeness (QED) is 0.713. The van der Waals surface area contributed by atoms with Crippen molar-refractivity contribution in [1.29, 1.82) is 0 Å². The number of hydrogen-bond acceptors (Lipinski definition) is 3. The third kappa shape index (κ3) is 5.46. The van der Waals surface area contributed by atoms with Crippen LogP contribution < -0.4 is 11.1 Å². The van der Waals surface area contributed by atoms with Crippen molar-refractivity contribution in [2.24, 2.45) is 11.7 Å². The first-order valence-corrected chi connectivity index (χ1v) is 11.6. The molecule has 1 saturated carbocycles. The predicted octanol–water partition coefficient (Wildman–Crippen LogP) is 4.04. The normalized spacial score (nSPS) is 22.4. The van der Waals surface area contributed by atoms with Gasteiger partial charge in [0.15, 0.2) is 0 Å². The lowest BCUT2D eigenvalue weighted by Gasteiger charge is -2.38. The van der Waals surface area contributed by atoms with Crippen molar-refractivity contribution in [3.63, 3.8) is 0 Å². The van der Waals surface area contributed by atoms with Crippen molar-refractivity contribution in [3.05, 3.63) is 70.2 Å². The minimum absolute atomic E-state index is 0.127. The van der Waals surface area contributed by atoms with Crippen molar-refractivity contribution in [2.75, 3.05) is 13.1 Å². The van der Waals surface area contributed by atoms with E-state index >= 15 is 0 Å². The van der Waals surface area contributed by atoms with Crippen molar-refractivity contribution in [1.82, 2.24) is 10.2 Å². The smallest absolute Gasteiger partial charge is 0.251 e. The molecule has 1 heterocycles. The van der Waals surface area contributed by atoms with Crippen LogP contribution in [0.15, 0.2) is 48.5 Å². The van der Waals surface area contributed by atoms with Gasteiger partial charge in [0.25, 0.3) is 5.91 Å². The van der Waals surface area contributed by atoms with E-state index in [4.69, 9.17) is 17.3 Å². The Morgan fingerprint density at radius 1 is 1.00 bits per heavy atom. The van der Waals surface area contributed by atoms with Gasteiger partial charge in [0, 0.05) is 28.2 Å². The van der Waals surface area contributed by atoms with Crippen LogP contribution in [0.2, 0.25) is 5.02 Å². The highest BCUT2D eigenvalue weighted by Crippen LogP contribution is 2.30. The second kappa shape index (κ2) is 9.84. The van der Waals surface area contributed by atoms with E-state index in [2.05, 4.69) is 22.3 Å². The zero-order valence-electron chi connectivity index (χ0n) is 17.7. The molecule has 0 spiro atoms. The fourth-order valence-corrected chi connectivity index (χ4v) is 5.18. The fraction of sp³-hybridized carbons (Fsp3) is 0.440. The number of nitrogens with two attached hydrogens (primary N) is 1. The SMILES string of the molecule is NC(=O)c1cccc(C(=O)N[C@@H]2CCC[C@H]2N2CCC(Cc3ccc(Cl)cc3)CC2)c1. The summed E-state index contributed by atoms with van der Waals surface area (Å²) in [5.41, 5.74) is 7.55. The molecule has 0 bridgehead atoms. The molecule has 2 aromatic carbocycles. The molecule has 3 N–H and O–H groups in total. The van der Waals surface area contributed by atoms with E-state index in [1.165, 1.54) is 18.4 Å². The molecule has 31 heavy (non-hydrogen) atoms. The maximum atomic E-state index is 12.8. The molecule has 1 saturated heterocycles. The topological polar surface area (TPSA) is 75.4 Å². The van der Waals surface area contributed by atoms with Crippen LogP contribution in [-0.4, -0.2) is 41.9 Å². The summed E-state index contributed by atoms with van der Waals surface area (Å²) in [6.45, 7) is 2.15. The van der Waals surface area contributed by atoms with Crippen LogP contribution in [0.1, 0.15) is 58.4 Å². The second-order valence-electron chi connectivity index (χ2n) is 8.83. The van der Waals surface area contributed by atoms with Gasteiger partial charge in [-0.3, -0.25) is 14.5 Å². The van der Waals surface area contributed by atoms with Crippen LogP contribution in [-0.2, 0) is 6.42 Å². The first-order chi connectivity index (χ1) is 15.0. The number of hydrogen-bond donors (Lipinski definition) is 2. The Morgan fingerprint density at radius 2 is 1.71 bits per heavy atom. The molecule has 0 unspecified atom stereocenters. The molecule has 2 fully saturated rings. The highest BCUT2D eigenvalue weighted by atomic mass is 35.5. The molecule has 164 valence electrons. The summed E-state index contributed by atoms with van der Waals surface area (Å²) in [5, 5.41) is 4.01. The maximum Gasteiger partial charge on any atom is 0.251 e. The highest BCUT2D eigenvalue weighted by Gasteiger charge is 2.35. The van der Waals surface area contributed by atoms with Crippen molar-refractivity contribution in [2.45, 2.75) is 50.6 Å². The summed E-state index contributed by atoms with van der Waals surface area (Å²) in [5.74, 6) is 0.0518. The van der Waals surface area contributed by atoms with Gasteiger partial charge in [-0.2, -0.15) is 0 Å². The number of benzene rings is 2. The third-order valence-corrected chi connectivity index (χ3v) is 7.01. The maximum absolute atomic E-state index is 12.8. The molecule has 0 aromatic heterocycles. The molecular weight excluding hydrogens is 410 g/mol. The molecular formula is C25H30ClN3O2. The van der Waals surface area contributed by atoms with Gasteiger partial charge < -0.3 is 11.1 Å². The Hall–Kier alpha value is -2.37. The van der Waals surface area contributed by atoms with Gasteiger partial charge in [-0.1, -0.05) is 29.8 Å². The Labute approximate surface area is 188 Å². The summed E-state index contributed by atoms with van der Waals surface area (Å²) < 4.78 is 0. The van der Waals surface area contributed by atoms with E-state index < -0.39 is 5.91 Å². The Bertz CT molecular complexity index is 923. The van der Waals surface area contributed by atoms with Crippen LogP contribution >= 0.6 is 11.6 Å². The Morgan fingerprint density at radius 3 is 2.42 bits per heavy atom. The first kappa shape index (κ1) is 21.8. The second-order valence-corrected chi connectivity index (χ2v) is 9.27. The van der Waals surface area contributed by atoms with E-state index in [-0.39, 0.29) is 11.9 Å². The monoisotopic (exact) mass is 439 g/mol. The van der Waals surface area contributed by atoms with Crippen molar-refractivity contribution < 1.29 is 9.59 Å². The number of carbonyl (C=O) groups is 2. The van der Waals surface area contributed by atoms with Crippen molar-refractivity contribution >= 4 is 23.4 Å². The zero-order chi connectivity index (χ0) is 21.8. The number of carbonyl (C=O) groups excluding carboxylic acids is 2. The van der Waals surface area contributed by atoms with Crippen molar-refractivity contribution in [3.8, 4) is 0 Å². The molecule has 5 nitrogen and oxygen atoms in total. The summed E-state index contributed by atoms with van der Waals surface area (Å²) >= 11 is 6.00. The number of primary amides is 1. The standard InChI is InChI=1S/C25H30ClN3O2/c26-21-9-7-17(8-10-21)15-18-11-13-29(14-12-18)23-6-2-5-22(23)28-25(31)20-4-1-3-19(16-20)24(27)30/h1,3-4,7-10,16,18,22-23H,2,5-6,11-15H2,(H2,27,30)(H,28,31)/t22-,23-/m1/s1. The minimum Gasteiger partial charge on any atom is -0.366 e. The number of amides is 2. The molecule has 1 aliphatic carbocycles. The number of nitrogens with zero attached hydrogens (tertiary/aromatic N) is 1. The molecule has 2 aliphatic rings. The lowest BCUT2D eigenvalue weighted by atomic mass is 9.89. The van der Waals surface area contributed by atoms with Crippen LogP contribution in [0.5, 0.6) is 0 Å². The minimum atomic E-state index is -0.519. The largest absolute Gasteiger partial charge is 0.366 e. The van der Waals surface area contributed by atoms with Gasteiger partial charge >= 0.3 is 0 Å². The number of nitrogens with one attached hydrogen (secondary N) is 1. The molecule has 2 atom stereocenters. The predicted molar refractivity (Wildman–Crippen MR) is 123 cm³/mol. The van der Waals surface area contributed by atoms with Gasteiger partial charge in [-0.05, 0) is 93.4 Å². The average Bonchev–Trinajstić information content (AvgIpc) is 3.24. The number of halogens is 1. The van der Waals surface area contributed by atoms with E-state index in [1.807, 2.05) is 12.1 Å². The van der Waals surface area contributed by atoms with E-state index in [0.717, 1.165) is 43.8 Å². The molecule has 0 radical (unpaired) electrons. The van der Waals surface area contributed by atoms with Gasteiger partial charge in [0.2, 0.25) is 5.91 Å². The number of likely N-dealkylation sites (tertiary alicyclic amines) is 1. The van der Waals surface area contributed by atoms with Crippen LogP contribution in [0.25, 0.3) is 0 Å². The lowest BCUT2D eigenvalue weighted by molar-refractivity contribution is 0.0862. The summed E-state index contributed by atoms with van der Waals surface area (Å²) in [4.78, 5) is 26.8. The Balaban J connectivity index is 1.31. The van der Waals surface area contributed by atoms with Crippen LogP contribution in [0.4, 0.5) is 0 Å². The van der Waals surface area contributed by atoms with Gasteiger partial charge in [-0.25, -0.2) is 0 Å². The first-order valence-electron chi connectivity index (χ1n) is 11.2. The van der Waals surface area contributed by atoms with E-state index in [1.54, 1.807) is 24.3 Å². The number of rotatable bonds is 6. The van der Waals surface area contributed by atoms with Gasteiger partial charge in [0.1, 0.15) is 0 Å². The fourth-order valence-electron chi connectivity index (χ4n) is 5.05. The molecule has 4 rings (SSSR count). The summed E-state index contributed by atoms with van der Waals surface area (Å²) in [7, 11) is 0. The molecule has 2 aromatic rings. The molecule has 6 heteroatoms. The van der Waals surface area contributed by atoms with Crippen LogP contribution in [0, 0.1) is 5.92 Å². The Kier molecular flexibility index (Phi) is 6.93. The van der Waals surface area contributed by atoms with E-state index in [0.29, 0.717) is 23.1 Å². The van der Waals surface area contributed by atoms with Crippen LogP contribution in [0.3, 0.4) is 0 Å². The zero-order valence-corrected chi connectivity index (χ0v) is 18.5. The van der Waals surface area contributed by atoms with E-state index in [9.17, 15) is 9.59 Å². The lowest BCUT2D eigenvalue weighted by Crippen LogP contribution is -2.51.